The van der Waals surface area contributed by atoms with Crippen molar-refractivity contribution >= 4 is 22.8 Å². The average molecular weight is 208 g/mol. The van der Waals surface area contributed by atoms with E-state index in [9.17, 15) is 4.79 Å². The number of hydrogen-bond donors (Lipinski definition) is 2. The van der Waals surface area contributed by atoms with Crippen molar-refractivity contribution in [1.82, 2.24) is 5.32 Å². The normalized spacial score (nSPS) is 16.4. The lowest BCUT2D eigenvalue weighted by molar-refractivity contribution is 0.100. The van der Waals surface area contributed by atoms with Gasteiger partial charge in [-0.15, -0.1) is 11.3 Å². The fourth-order valence-corrected chi connectivity index (χ4v) is 2.40. The van der Waals surface area contributed by atoms with Crippen molar-refractivity contribution in [1.29, 1.82) is 0 Å². The first kappa shape index (κ1) is 9.43. The number of hydrogen-bond acceptors (Lipinski definition) is 3. The van der Waals surface area contributed by atoms with E-state index in [0.29, 0.717) is 4.88 Å². The van der Waals surface area contributed by atoms with Gasteiger partial charge < -0.3 is 11.1 Å². The molecule has 0 fully saturated rings. The van der Waals surface area contributed by atoms with E-state index < -0.39 is 0 Å². The van der Waals surface area contributed by atoms with E-state index in [0.717, 1.165) is 25.1 Å². The molecule has 3 N–H and O–H groups in total. The molecule has 4 heteroatoms. The molecule has 0 unspecified atom stereocenters. The zero-order valence-electron chi connectivity index (χ0n) is 7.75. The number of thiophene rings is 1. The maximum Gasteiger partial charge on any atom is 0.259 e. The van der Waals surface area contributed by atoms with E-state index >= 15 is 0 Å². The molecule has 0 saturated heterocycles. The van der Waals surface area contributed by atoms with Crippen molar-refractivity contribution in [3.63, 3.8) is 0 Å². The average Bonchev–Trinajstić information content (AvgIpc) is 2.67. The zero-order chi connectivity index (χ0) is 9.97. The minimum atomic E-state index is -0.325. The first-order valence-corrected chi connectivity index (χ1v) is 5.44. The highest BCUT2D eigenvalue weighted by Crippen LogP contribution is 2.27. The second kappa shape index (κ2) is 3.94. The minimum Gasteiger partial charge on any atom is -0.365 e. The number of primary amides is 1. The molecular weight excluding hydrogens is 196 g/mol. The lowest BCUT2D eigenvalue weighted by atomic mass is 10.0. The lowest BCUT2D eigenvalue weighted by Gasteiger charge is -2.13. The molecule has 1 aromatic rings. The number of nitrogens with two attached hydrogens (primary N) is 1. The van der Waals surface area contributed by atoms with E-state index in [4.69, 9.17) is 5.73 Å². The van der Waals surface area contributed by atoms with Crippen LogP contribution in [-0.4, -0.2) is 19.0 Å². The molecule has 0 radical (unpaired) electrons. The van der Waals surface area contributed by atoms with E-state index in [1.807, 2.05) is 11.4 Å². The van der Waals surface area contributed by atoms with Crippen LogP contribution in [0.1, 0.15) is 21.7 Å². The van der Waals surface area contributed by atoms with Gasteiger partial charge in [0.25, 0.3) is 5.91 Å². The van der Waals surface area contributed by atoms with Gasteiger partial charge in [0.05, 0.1) is 4.88 Å². The van der Waals surface area contributed by atoms with Crippen LogP contribution in [0, 0.1) is 0 Å². The Kier molecular flexibility index (Phi) is 2.65. The summed E-state index contributed by atoms with van der Waals surface area (Å²) in [5.41, 5.74) is 7.55. The predicted octanol–water partition coefficient (Wildman–Crippen LogP) is 1.22. The van der Waals surface area contributed by atoms with Crippen LogP contribution in [0.2, 0.25) is 0 Å². The van der Waals surface area contributed by atoms with E-state index in [1.165, 1.54) is 16.9 Å². The molecule has 0 aliphatic carbocycles. The molecule has 3 nitrogen and oxygen atoms in total. The van der Waals surface area contributed by atoms with Crippen LogP contribution in [0.5, 0.6) is 0 Å². The molecule has 0 bridgehead atoms. The molecule has 1 aromatic heterocycles. The fourth-order valence-electron chi connectivity index (χ4n) is 1.62. The minimum absolute atomic E-state index is 0.325. The van der Waals surface area contributed by atoms with Crippen LogP contribution >= 0.6 is 11.3 Å². The Hall–Kier alpha value is -1.13. The summed E-state index contributed by atoms with van der Waals surface area (Å²) < 4.78 is 0. The molecular formula is C10H12N2OS. The monoisotopic (exact) mass is 208 g/mol. The largest absolute Gasteiger partial charge is 0.365 e. The Balaban J connectivity index is 2.35. The summed E-state index contributed by atoms with van der Waals surface area (Å²) in [4.78, 5) is 11.8. The van der Waals surface area contributed by atoms with Crippen molar-refractivity contribution < 1.29 is 4.79 Å². The second-order valence-electron chi connectivity index (χ2n) is 3.21. The van der Waals surface area contributed by atoms with Gasteiger partial charge in [0.2, 0.25) is 0 Å². The van der Waals surface area contributed by atoms with Gasteiger partial charge in [0.1, 0.15) is 0 Å². The van der Waals surface area contributed by atoms with Gasteiger partial charge in [0.15, 0.2) is 0 Å². The summed E-state index contributed by atoms with van der Waals surface area (Å²) >= 11 is 1.42. The number of amides is 1. The maximum atomic E-state index is 11.1. The Morgan fingerprint density at radius 2 is 2.43 bits per heavy atom. The van der Waals surface area contributed by atoms with Crippen molar-refractivity contribution in [2.75, 3.05) is 13.1 Å². The first-order chi connectivity index (χ1) is 6.79. The number of nitrogens with one attached hydrogen (secondary N) is 1. The van der Waals surface area contributed by atoms with Gasteiger partial charge in [0, 0.05) is 12.1 Å². The van der Waals surface area contributed by atoms with Gasteiger partial charge >= 0.3 is 0 Å². The van der Waals surface area contributed by atoms with Crippen LogP contribution in [0.25, 0.3) is 5.57 Å². The molecule has 0 atom stereocenters. The van der Waals surface area contributed by atoms with Crippen LogP contribution in [0.4, 0.5) is 0 Å². The van der Waals surface area contributed by atoms with Crippen molar-refractivity contribution in [3.05, 3.63) is 28.0 Å². The van der Waals surface area contributed by atoms with Gasteiger partial charge in [-0.25, -0.2) is 0 Å². The number of carbonyl (C=O) groups is 1. The lowest BCUT2D eigenvalue weighted by Crippen LogP contribution is -2.20. The molecule has 1 amide bonds. The van der Waals surface area contributed by atoms with Gasteiger partial charge in [-0.3, -0.25) is 4.79 Å². The zero-order valence-corrected chi connectivity index (χ0v) is 8.56. The summed E-state index contributed by atoms with van der Waals surface area (Å²) in [6.07, 6.45) is 3.09. The summed E-state index contributed by atoms with van der Waals surface area (Å²) in [7, 11) is 0. The quantitative estimate of drug-likeness (QED) is 0.768. The van der Waals surface area contributed by atoms with Gasteiger partial charge in [-0.2, -0.15) is 0 Å². The van der Waals surface area contributed by atoms with E-state index in [1.54, 1.807) is 0 Å². The molecule has 1 aliphatic heterocycles. The van der Waals surface area contributed by atoms with Gasteiger partial charge in [-0.1, -0.05) is 6.08 Å². The standard InChI is InChI=1S/C10H12N2OS/c11-10(13)9-8(3-6-14-9)7-1-4-12-5-2-7/h1,3,6,12H,2,4-5H2,(H2,11,13). The second-order valence-corrected chi connectivity index (χ2v) is 4.13. The molecule has 2 heterocycles. The summed E-state index contributed by atoms with van der Waals surface area (Å²) in [5, 5.41) is 5.15. The van der Waals surface area contributed by atoms with Crippen LogP contribution in [-0.2, 0) is 0 Å². The van der Waals surface area contributed by atoms with Crippen molar-refractivity contribution in [2.45, 2.75) is 6.42 Å². The SMILES string of the molecule is NC(=O)c1sccc1C1=CCNCC1. The van der Waals surface area contributed by atoms with Crippen LogP contribution in [0.3, 0.4) is 0 Å². The molecule has 14 heavy (non-hydrogen) atoms. The topological polar surface area (TPSA) is 55.1 Å². The third-order valence-electron chi connectivity index (χ3n) is 2.30. The summed E-state index contributed by atoms with van der Waals surface area (Å²) in [6, 6.07) is 1.97. The predicted molar refractivity (Wildman–Crippen MR) is 58.3 cm³/mol. The van der Waals surface area contributed by atoms with Crippen molar-refractivity contribution in [2.24, 2.45) is 5.73 Å². The third-order valence-corrected chi connectivity index (χ3v) is 3.23. The first-order valence-electron chi connectivity index (χ1n) is 4.56. The van der Waals surface area contributed by atoms with Gasteiger partial charge in [-0.05, 0) is 30.0 Å². The summed E-state index contributed by atoms with van der Waals surface area (Å²) in [5.74, 6) is -0.325. The Bertz CT molecular complexity index is 381. The highest BCUT2D eigenvalue weighted by molar-refractivity contribution is 7.12. The van der Waals surface area contributed by atoms with Crippen molar-refractivity contribution in [3.8, 4) is 0 Å². The molecule has 2 rings (SSSR count). The Morgan fingerprint density at radius 3 is 3.07 bits per heavy atom. The Morgan fingerprint density at radius 1 is 1.57 bits per heavy atom. The van der Waals surface area contributed by atoms with E-state index in [2.05, 4.69) is 11.4 Å². The highest BCUT2D eigenvalue weighted by atomic mass is 32.1. The highest BCUT2D eigenvalue weighted by Gasteiger charge is 2.14. The molecule has 0 aromatic carbocycles. The van der Waals surface area contributed by atoms with E-state index in [-0.39, 0.29) is 5.91 Å². The molecule has 74 valence electrons. The van der Waals surface area contributed by atoms with Crippen LogP contribution < -0.4 is 11.1 Å². The maximum absolute atomic E-state index is 11.1. The number of carbonyl (C=O) groups excluding carboxylic acids is 1. The smallest absolute Gasteiger partial charge is 0.259 e. The molecule has 0 saturated carbocycles. The number of rotatable bonds is 2. The molecule has 0 spiro atoms. The fraction of sp³-hybridized carbons (Fsp3) is 0.300. The molecule has 1 aliphatic rings. The Labute approximate surface area is 86.6 Å². The van der Waals surface area contributed by atoms with Crippen LogP contribution in [0.15, 0.2) is 17.5 Å². The third kappa shape index (κ3) is 1.71. The summed E-state index contributed by atoms with van der Waals surface area (Å²) in [6.45, 7) is 1.85.